The van der Waals surface area contributed by atoms with E-state index in [1.54, 1.807) is 18.2 Å². The number of rotatable bonds is 4. The summed E-state index contributed by atoms with van der Waals surface area (Å²) in [6, 6.07) is 7.13. The Hall–Kier alpha value is -2.24. The third-order valence-corrected chi connectivity index (χ3v) is 2.94. The van der Waals surface area contributed by atoms with Gasteiger partial charge in [-0.25, -0.2) is 4.79 Å². The summed E-state index contributed by atoms with van der Waals surface area (Å²) in [5.41, 5.74) is 0.628. The number of hydrogen-bond donors (Lipinski definition) is 1. The van der Waals surface area contributed by atoms with Crippen LogP contribution in [-0.2, 0) is 9.53 Å². The number of carboxylic acid groups (broad SMARTS) is 1. The van der Waals surface area contributed by atoms with E-state index in [1.165, 1.54) is 12.0 Å². The number of ether oxygens (including phenoxy) is 2. The zero-order valence-electron chi connectivity index (χ0n) is 10.5. The van der Waals surface area contributed by atoms with Gasteiger partial charge < -0.3 is 14.6 Å². The minimum absolute atomic E-state index is 0.161. The molecule has 2 rings (SSSR count). The van der Waals surface area contributed by atoms with Gasteiger partial charge in [-0.05, 0) is 12.1 Å². The lowest BCUT2D eigenvalue weighted by atomic mass is 10.1. The standard InChI is InChI=1S/C13H15NO5/c1-18-11-5-3-2-4-10(11)14-7-6-9(8-12(15)16)19-13(14)17/h2-5,9H,6-8H2,1H3,(H,15,16). The van der Waals surface area contributed by atoms with Crippen LogP contribution in [0.1, 0.15) is 12.8 Å². The third kappa shape index (κ3) is 2.96. The lowest BCUT2D eigenvalue weighted by Gasteiger charge is -2.31. The van der Waals surface area contributed by atoms with Crippen LogP contribution in [0, 0.1) is 0 Å². The molecule has 0 aromatic heterocycles. The molecule has 0 bridgehead atoms. The predicted octanol–water partition coefficient (Wildman–Crippen LogP) is 1.89. The molecule has 1 N–H and O–H groups in total. The summed E-state index contributed by atoms with van der Waals surface area (Å²) in [6.45, 7) is 0.414. The van der Waals surface area contributed by atoms with E-state index in [0.717, 1.165) is 0 Å². The Kier molecular flexibility index (Phi) is 3.89. The third-order valence-electron chi connectivity index (χ3n) is 2.94. The van der Waals surface area contributed by atoms with Gasteiger partial charge in [-0.1, -0.05) is 12.1 Å². The average Bonchev–Trinajstić information content (AvgIpc) is 2.38. The van der Waals surface area contributed by atoms with Gasteiger partial charge in [-0.15, -0.1) is 0 Å². The van der Waals surface area contributed by atoms with Crippen molar-refractivity contribution in [2.24, 2.45) is 0 Å². The molecule has 19 heavy (non-hydrogen) atoms. The number of benzene rings is 1. The van der Waals surface area contributed by atoms with Gasteiger partial charge in [0, 0.05) is 13.0 Å². The first-order chi connectivity index (χ1) is 9.11. The fraction of sp³-hybridized carbons (Fsp3) is 0.385. The molecule has 0 aliphatic carbocycles. The summed E-state index contributed by atoms with van der Waals surface area (Å²) in [5, 5.41) is 8.69. The van der Waals surface area contributed by atoms with E-state index in [4.69, 9.17) is 14.6 Å². The van der Waals surface area contributed by atoms with Crippen LogP contribution < -0.4 is 9.64 Å². The minimum Gasteiger partial charge on any atom is -0.495 e. The van der Waals surface area contributed by atoms with E-state index in [-0.39, 0.29) is 6.42 Å². The Bertz CT molecular complexity index is 488. The zero-order valence-corrected chi connectivity index (χ0v) is 10.5. The normalized spacial score (nSPS) is 18.9. The van der Waals surface area contributed by atoms with Crippen molar-refractivity contribution in [1.82, 2.24) is 0 Å². The average molecular weight is 265 g/mol. The van der Waals surface area contributed by atoms with Gasteiger partial charge in [0.2, 0.25) is 0 Å². The van der Waals surface area contributed by atoms with E-state index in [0.29, 0.717) is 24.4 Å². The smallest absolute Gasteiger partial charge is 0.414 e. The van der Waals surface area contributed by atoms with E-state index in [1.807, 2.05) is 6.07 Å². The number of amides is 1. The number of anilines is 1. The fourth-order valence-corrected chi connectivity index (χ4v) is 2.04. The Balaban J connectivity index is 2.11. The molecule has 6 heteroatoms. The van der Waals surface area contributed by atoms with Crippen molar-refractivity contribution in [1.29, 1.82) is 0 Å². The van der Waals surface area contributed by atoms with E-state index < -0.39 is 18.2 Å². The van der Waals surface area contributed by atoms with Crippen molar-refractivity contribution in [2.45, 2.75) is 18.9 Å². The van der Waals surface area contributed by atoms with Crippen molar-refractivity contribution < 1.29 is 24.2 Å². The summed E-state index contributed by atoms with van der Waals surface area (Å²) >= 11 is 0. The first-order valence-electron chi connectivity index (χ1n) is 5.94. The van der Waals surface area contributed by atoms with Crippen LogP contribution in [0.15, 0.2) is 24.3 Å². The molecule has 1 aromatic rings. The molecule has 1 unspecified atom stereocenters. The molecule has 1 heterocycles. The number of cyclic esters (lactones) is 1. The second-order valence-corrected chi connectivity index (χ2v) is 4.22. The topological polar surface area (TPSA) is 76.1 Å². The molecule has 1 fully saturated rings. The summed E-state index contributed by atoms with van der Waals surface area (Å²) in [6.07, 6.45) is -0.778. The Morgan fingerprint density at radius 3 is 2.89 bits per heavy atom. The lowest BCUT2D eigenvalue weighted by Crippen LogP contribution is -2.42. The maximum atomic E-state index is 11.9. The maximum absolute atomic E-state index is 11.9. The number of hydrogen-bond acceptors (Lipinski definition) is 4. The van der Waals surface area contributed by atoms with E-state index >= 15 is 0 Å². The molecule has 0 radical (unpaired) electrons. The number of carbonyl (C=O) groups excluding carboxylic acids is 1. The molecule has 1 aliphatic rings. The summed E-state index contributed by atoms with van der Waals surface area (Å²) < 4.78 is 10.3. The molecule has 1 aliphatic heterocycles. The molecule has 1 aromatic carbocycles. The summed E-state index contributed by atoms with van der Waals surface area (Å²) in [7, 11) is 1.53. The van der Waals surface area contributed by atoms with E-state index in [2.05, 4.69) is 0 Å². The SMILES string of the molecule is COc1ccccc1N1CCC(CC(=O)O)OC1=O. The van der Waals surface area contributed by atoms with Crippen LogP contribution in [0.4, 0.5) is 10.5 Å². The van der Waals surface area contributed by atoms with Crippen LogP contribution in [0.5, 0.6) is 5.75 Å². The van der Waals surface area contributed by atoms with Crippen molar-refractivity contribution in [3.8, 4) is 5.75 Å². The summed E-state index contributed by atoms with van der Waals surface area (Å²) in [4.78, 5) is 24.0. The van der Waals surface area contributed by atoms with Gasteiger partial charge in [0.1, 0.15) is 11.9 Å². The highest BCUT2D eigenvalue weighted by Crippen LogP contribution is 2.30. The second-order valence-electron chi connectivity index (χ2n) is 4.22. The molecule has 1 saturated heterocycles. The van der Waals surface area contributed by atoms with Crippen LogP contribution in [0.2, 0.25) is 0 Å². The fourth-order valence-electron chi connectivity index (χ4n) is 2.04. The van der Waals surface area contributed by atoms with Gasteiger partial charge >= 0.3 is 12.1 Å². The first kappa shape index (κ1) is 13.2. The maximum Gasteiger partial charge on any atom is 0.414 e. The quantitative estimate of drug-likeness (QED) is 0.899. The number of carbonyl (C=O) groups is 2. The van der Waals surface area contributed by atoms with Crippen molar-refractivity contribution in [2.75, 3.05) is 18.6 Å². The molecule has 1 amide bonds. The lowest BCUT2D eigenvalue weighted by molar-refractivity contribution is -0.139. The highest BCUT2D eigenvalue weighted by Gasteiger charge is 2.30. The van der Waals surface area contributed by atoms with Gasteiger partial charge in [0.05, 0.1) is 19.2 Å². The molecule has 102 valence electrons. The molecule has 0 spiro atoms. The largest absolute Gasteiger partial charge is 0.495 e. The number of nitrogens with zero attached hydrogens (tertiary/aromatic N) is 1. The number of para-hydroxylation sites is 2. The number of carboxylic acids is 1. The number of aliphatic carboxylic acids is 1. The Morgan fingerprint density at radius 1 is 1.53 bits per heavy atom. The Morgan fingerprint density at radius 2 is 2.26 bits per heavy atom. The first-order valence-corrected chi connectivity index (χ1v) is 5.94. The highest BCUT2D eigenvalue weighted by atomic mass is 16.6. The zero-order chi connectivity index (χ0) is 13.8. The van der Waals surface area contributed by atoms with Gasteiger partial charge in [0.15, 0.2) is 0 Å². The highest BCUT2D eigenvalue weighted by molar-refractivity contribution is 5.90. The van der Waals surface area contributed by atoms with Crippen molar-refractivity contribution in [3.63, 3.8) is 0 Å². The molecule has 0 saturated carbocycles. The second kappa shape index (κ2) is 5.60. The van der Waals surface area contributed by atoms with Crippen LogP contribution >= 0.6 is 0 Å². The Labute approximate surface area is 110 Å². The molecule has 6 nitrogen and oxygen atoms in total. The predicted molar refractivity (Wildman–Crippen MR) is 67.5 cm³/mol. The molecular formula is C13H15NO5. The number of methoxy groups -OCH3 is 1. The van der Waals surface area contributed by atoms with Crippen molar-refractivity contribution in [3.05, 3.63) is 24.3 Å². The van der Waals surface area contributed by atoms with Crippen LogP contribution in [0.25, 0.3) is 0 Å². The van der Waals surface area contributed by atoms with Crippen LogP contribution in [0.3, 0.4) is 0 Å². The molecular weight excluding hydrogens is 250 g/mol. The summed E-state index contributed by atoms with van der Waals surface area (Å²) in [5.74, 6) is -0.389. The van der Waals surface area contributed by atoms with Gasteiger partial charge in [0.25, 0.3) is 0 Å². The van der Waals surface area contributed by atoms with Gasteiger partial charge in [-0.3, -0.25) is 9.69 Å². The van der Waals surface area contributed by atoms with Crippen molar-refractivity contribution >= 4 is 17.7 Å². The van der Waals surface area contributed by atoms with Gasteiger partial charge in [-0.2, -0.15) is 0 Å². The van der Waals surface area contributed by atoms with Crippen LogP contribution in [-0.4, -0.2) is 36.9 Å². The monoisotopic (exact) mass is 265 g/mol. The van der Waals surface area contributed by atoms with E-state index in [9.17, 15) is 9.59 Å². The minimum atomic E-state index is -0.969. The molecule has 1 atom stereocenters.